The molecule has 1 rings (SSSR count). The van der Waals surface area contributed by atoms with E-state index in [2.05, 4.69) is 15.5 Å². The van der Waals surface area contributed by atoms with Gasteiger partial charge in [0.1, 0.15) is 0 Å². The van der Waals surface area contributed by atoms with E-state index >= 15 is 0 Å². The maximum absolute atomic E-state index is 11.6. The molecule has 7 nitrogen and oxygen atoms in total. The summed E-state index contributed by atoms with van der Waals surface area (Å²) in [7, 11) is 1.63. The third-order valence-electron chi connectivity index (χ3n) is 2.23. The van der Waals surface area contributed by atoms with E-state index in [1.54, 1.807) is 19.4 Å². The van der Waals surface area contributed by atoms with E-state index in [1.807, 2.05) is 0 Å². The van der Waals surface area contributed by atoms with Crippen LogP contribution in [-0.4, -0.2) is 45.8 Å². The van der Waals surface area contributed by atoms with Gasteiger partial charge in [-0.1, -0.05) is 0 Å². The van der Waals surface area contributed by atoms with Gasteiger partial charge in [0.05, 0.1) is 6.20 Å². The molecule has 0 radical (unpaired) electrons. The van der Waals surface area contributed by atoms with E-state index in [9.17, 15) is 9.59 Å². The number of carboxylic acids is 1. The molecule has 0 aliphatic carbocycles. The third kappa shape index (κ3) is 5.01. The van der Waals surface area contributed by atoms with E-state index in [1.165, 1.54) is 4.90 Å². The summed E-state index contributed by atoms with van der Waals surface area (Å²) in [5.74, 6) is -0.850. The summed E-state index contributed by atoms with van der Waals surface area (Å²) in [4.78, 5) is 23.3. The van der Waals surface area contributed by atoms with Crippen molar-refractivity contribution in [1.82, 2.24) is 20.4 Å². The number of hydrogen-bond acceptors (Lipinski definition) is 3. The smallest absolute Gasteiger partial charge is 0.317 e. The number of aliphatic carboxylic acids is 1. The Bertz CT molecular complexity index is 364. The number of urea groups is 1. The molecule has 94 valence electrons. The van der Waals surface area contributed by atoms with Crippen molar-refractivity contribution in [1.29, 1.82) is 0 Å². The number of carboxylic acid groups (broad SMARTS) is 1. The molecule has 1 heterocycles. The van der Waals surface area contributed by atoms with Gasteiger partial charge in [0.2, 0.25) is 0 Å². The van der Waals surface area contributed by atoms with Crippen LogP contribution in [0.5, 0.6) is 0 Å². The second-order valence-corrected chi connectivity index (χ2v) is 3.68. The van der Waals surface area contributed by atoms with Gasteiger partial charge in [-0.05, 0) is 6.42 Å². The number of aromatic nitrogens is 2. The molecule has 1 aromatic heterocycles. The Hall–Kier alpha value is -2.05. The summed E-state index contributed by atoms with van der Waals surface area (Å²) in [6.45, 7) is 0.822. The van der Waals surface area contributed by atoms with Crippen LogP contribution in [0, 0.1) is 0 Å². The van der Waals surface area contributed by atoms with Gasteiger partial charge in [0, 0.05) is 38.3 Å². The fraction of sp³-hybridized carbons (Fsp3) is 0.500. The molecule has 0 atom stereocenters. The van der Waals surface area contributed by atoms with Gasteiger partial charge in [0.15, 0.2) is 0 Å². The van der Waals surface area contributed by atoms with Crippen molar-refractivity contribution >= 4 is 12.0 Å². The van der Waals surface area contributed by atoms with E-state index in [-0.39, 0.29) is 12.5 Å². The van der Waals surface area contributed by atoms with Crippen molar-refractivity contribution in [3.05, 3.63) is 18.0 Å². The molecule has 1 aromatic rings. The molecule has 17 heavy (non-hydrogen) atoms. The molecule has 0 spiro atoms. The van der Waals surface area contributed by atoms with E-state index < -0.39 is 5.97 Å². The van der Waals surface area contributed by atoms with Crippen LogP contribution in [0.1, 0.15) is 18.4 Å². The molecule has 7 heteroatoms. The quantitative estimate of drug-likeness (QED) is 0.671. The van der Waals surface area contributed by atoms with Gasteiger partial charge in [-0.25, -0.2) is 4.79 Å². The number of hydrogen-bond donors (Lipinski definition) is 3. The number of carbonyl (C=O) groups excluding carboxylic acids is 1. The SMILES string of the molecule is CN(CCCC(=O)O)C(=O)NCc1cn[nH]c1. The molecule has 0 aromatic carbocycles. The first kappa shape index (κ1) is 13.0. The number of amides is 2. The lowest BCUT2D eigenvalue weighted by Crippen LogP contribution is -2.37. The molecular formula is C10H16N4O3. The summed E-state index contributed by atoms with van der Waals surface area (Å²) < 4.78 is 0. The van der Waals surface area contributed by atoms with Gasteiger partial charge in [0.25, 0.3) is 0 Å². The highest BCUT2D eigenvalue weighted by atomic mass is 16.4. The standard InChI is InChI=1S/C10H16N4O3/c1-14(4-2-3-9(15)16)10(17)11-5-8-6-12-13-7-8/h6-7H,2-5H2,1H3,(H,11,17)(H,12,13)(H,15,16). The number of nitrogens with zero attached hydrogens (tertiary/aromatic N) is 2. The normalized spacial score (nSPS) is 9.94. The molecule has 0 unspecified atom stereocenters. The molecule has 2 amide bonds. The maximum Gasteiger partial charge on any atom is 0.317 e. The molecule has 0 aliphatic heterocycles. The minimum absolute atomic E-state index is 0.0688. The largest absolute Gasteiger partial charge is 0.481 e. The Labute approximate surface area is 98.8 Å². The lowest BCUT2D eigenvalue weighted by molar-refractivity contribution is -0.137. The van der Waals surface area contributed by atoms with Crippen LogP contribution < -0.4 is 5.32 Å². The molecule has 0 fully saturated rings. The second kappa shape index (κ2) is 6.51. The fourth-order valence-corrected chi connectivity index (χ4v) is 1.26. The van der Waals surface area contributed by atoms with Crippen LogP contribution in [-0.2, 0) is 11.3 Å². The second-order valence-electron chi connectivity index (χ2n) is 3.68. The summed E-state index contributed by atoms with van der Waals surface area (Å²) in [6.07, 6.45) is 3.85. The van der Waals surface area contributed by atoms with Crippen LogP contribution in [0.3, 0.4) is 0 Å². The number of rotatable bonds is 6. The first-order valence-corrected chi connectivity index (χ1v) is 5.28. The zero-order valence-electron chi connectivity index (χ0n) is 9.64. The predicted octanol–water partition coefficient (Wildman–Crippen LogP) is 0.416. The number of H-pyrrole nitrogens is 1. The van der Waals surface area contributed by atoms with E-state index in [4.69, 9.17) is 5.11 Å². The topological polar surface area (TPSA) is 98.3 Å². The van der Waals surface area contributed by atoms with Gasteiger partial charge in [-0.2, -0.15) is 5.10 Å². The molecule has 0 saturated carbocycles. The minimum Gasteiger partial charge on any atom is -0.481 e. The van der Waals surface area contributed by atoms with Crippen LogP contribution in [0.2, 0.25) is 0 Å². The van der Waals surface area contributed by atoms with Gasteiger partial charge < -0.3 is 15.3 Å². The highest BCUT2D eigenvalue weighted by Gasteiger charge is 2.08. The lowest BCUT2D eigenvalue weighted by Gasteiger charge is -2.17. The van der Waals surface area contributed by atoms with Crippen LogP contribution in [0.15, 0.2) is 12.4 Å². The van der Waals surface area contributed by atoms with Crippen LogP contribution in [0.4, 0.5) is 4.79 Å². The maximum atomic E-state index is 11.6. The first-order valence-electron chi connectivity index (χ1n) is 5.28. The Morgan fingerprint density at radius 2 is 2.35 bits per heavy atom. The number of nitrogens with one attached hydrogen (secondary N) is 2. The molecule has 0 aliphatic rings. The van der Waals surface area contributed by atoms with Crippen molar-refractivity contribution < 1.29 is 14.7 Å². The lowest BCUT2D eigenvalue weighted by atomic mass is 10.3. The van der Waals surface area contributed by atoms with Crippen molar-refractivity contribution in [2.45, 2.75) is 19.4 Å². The van der Waals surface area contributed by atoms with Crippen LogP contribution >= 0.6 is 0 Å². The summed E-state index contributed by atoms with van der Waals surface area (Å²) in [6, 6.07) is -0.225. The van der Waals surface area contributed by atoms with Crippen molar-refractivity contribution in [2.75, 3.05) is 13.6 Å². The third-order valence-corrected chi connectivity index (χ3v) is 2.23. The highest BCUT2D eigenvalue weighted by Crippen LogP contribution is 1.96. The zero-order valence-corrected chi connectivity index (χ0v) is 9.64. The van der Waals surface area contributed by atoms with Crippen molar-refractivity contribution in [3.8, 4) is 0 Å². The predicted molar refractivity (Wildman–Crippen MR) is 60.3 cm³/mol. The minimum atomic E-state index is -0.850. The average Bonchev–Trinajstić information content (AvgIpc) is 2.78. The van der Waals surface area contributed by atoms with Crippen molar-refractivity contribution in [2.24, 2.45) is 0 Å². The van der Waals surface area contributed by atoms with Gasteiger partial charge in [-0.15, -0.1) is 0 Å². The average molecular weight is 240 g/mol. The molecule has 0 saturated heterocycles. The van der Waals surface area contributed by atoms with E-state index in [0.29, 0.717) is 19.5 Å². The Kier molecular flexibility index (Phi) is 4.99. The fourth-order valence-electron chi connectivity index (χ4n) is 1.26. The summed E-state index contributed by atoms with van der Waals surface area (Å²) in [5.41, 5.74) is 0.886. The molecule has 0 bridgehead atoms. The number of aromatic amines is 1. The van der Waals surface area contributed by atoms with Gasteiger partial charge in [-0.3, -0.25) is 9.89 Å². The summed E-state index contributed by atoms with van der Waals surface area (Å²) >= 11 is 0. The monoisotopic (exact) mass is 240 g/mol. The van der Waals surface area contributed by atoms with Gasteiger partial charge >= 0.3 is 12.0 Å². The molecule has 3 N–H and O–H groups in total. The Morgan fingerprint density at radius 3 is 2.94 bits per heavy atom. The molecular weight excluding hydrogens is 224 g/mol. The summed E-state index contributed by atoms with van der Waals surface area (Å²) in [5, 5.41) is 17.6. The Balaban J connectivity index is 2.20. The van der Waals surface area contributed by atoms with Crippen LogP contribution in [0.25, 0.3) is 0 Å². The number of carbonyl (C=O) groups is 2. The highest BCUT2D eigenvalue weighted by molar-refractivity contribution is 5.73. The zero-order chi connectivity index (χ0) is 12.7. The van der Waals surface area contributed by atoms with E-state index in [0.717, 1.165) is 5.56 Å². The first-order chi connectivity index (χ1) is 8.09. The van der Waals surface area contributed by atoms with Crippen molar-refractivity contribution in [3.63, 3.8) is 0 Å². The Morgan fingerprint density at radius 1 is 1.59 bits per heavy atom.